The molecule has 1 N–H and O–H groups in total. The van der Waals surface area contributed by atoms with Crippen LogP contribution in [0.25, 0.3) is 10.9 Å². The molecule has 0 aliphatic rings. The summed E-state index contributed by atoms with van der Waals surface area (Å²) in [5.41, 5.74) is 0.701. The fourth-order valence-corrected chi connectivity index (χ4v) is 3.84. The van der Waals surface area contributed by atoms with Crippen molar-refractivity contribution in [3.8, 4) is 5.75 Å². The molecule has 10 heteroatoms. The second kappa shape index (κ2) is 8.64. The molecule has 0 radical (unpaired) electrons. The molecule has 1 amide bonds. The average molecular weight is 430 g/mol. The number of nitrogens with zero attached hydrogens (tertiary/aromatic N) is 3. The van der Waals surface area contributed by atoms with Gasteiger partial charge in [-0.25, -0.2) is 12.7 Å². The monoisotopic (exact) mass is 430 g/mol. The highest BCUT2D eigenvalue weighted by atomic mass is 32.2. The molecular weight excluding hydrogens is 408 g/mol. The van der Waals surface area contributed by atoms with E-state index in [0.29, 0.717) is 16.7 Å². The Morgan fingerprint density at radius 2 is 1.93 bits per heavy atom. The van der Waals surface area contributed by atoms with Gasteiger partial charge in [0, 0.05) is 25.9 Å². The van der Waals surface area contributed by atoms with Crippen LogP contribution in [0.4, 0.5) is 5.69 Å². The highest BCUT2D eigenvalue weighted by Crippen LogP contribution is 2.28. The Morgan fingerprint density at radius 1 is 1.20 bits per heavy atom. The fraction of sp³-hybridized carbons (Fsp3) is 0.250. The maximum absolute atomic E-state index is 12.5. The van der Waals surface area contributed by atoms with E-state index in [1.165, 1.54) is 45.6 Å². The van der Waals surface area contributed by atoms with E-state index in [0.717, 1.165) is 4.31 Å². The summed E-state index contributed by atoms with van der Waals surface area (Å²) in [4.78, 5) is 24.5. The molecule has 30 heavy (non-hydrogen) atoms. The van der Waals surface area contributed by atoms with Crippen LogP contribution < -0.4 is 15.5 Å². The SMILES string of the molecule is COc1ccc(S(=O)(=O)N(C)C)cc1NC(=O)CCn1ncc(=O)c2ccccc21. The first-order valence-electron chi connectivity index (χ1n) is 9.09. The van der Waals surface area contributed by atoms with E-state index in [4.69, 9.17) is 4.74 Å². The number of aryl methyl sites for hydroxylation is 1. The lowest BCUT2D eigenvalue weighted by Crippen LogP contribution is -2.22. The number of carbonyl (C=O) groups excluding carboxylic acids is 1. The van der Waals surface area contributed by atoms with Crippen molar-refractivity contribution in [1.29, 1.82) is 0 Å². The highest BCUT2D eigenvalue weighted by Gasteiger charge is 2.20. The predicted molar refractivity (Wildman–Crippen MR) is 113 cm³/mol. The van der Waals surface area contributed by atoms with E-state index in [-0.39, 0.29) is 34.9 Å². The minimum Gasteiger partial charge on any atom is -0.495 e. The molecule has 1 heterocycles. The molecule has 0 aliphatic heterocycles. The first-order chi connectivity index (χ1) is 14.2. The van der Waals surface area contributed by atoms with E-state index in [2.05, 4.69) is 10.4 Å². The Balaban J connectivity index is 1.80. The number of amides is 1. The summed E-state index contributed by atoms with van der Waals surface area (Å²) in [6.07, 6.45) is 1.28. The van der Waals surface area contributed by atoms with Crippen molar-refractivity contribution >= 4 is 32.5 Å². The Morgan fingerprint density at radius 3 is 2.63 bits per heavy atom. The summed E-state index contributed by atoms with van der Waals surface area (Å²) in [5.74, 6) is -0.00901. The van der Waals surface area contributed by atoms with Crippen LogP contribution in [0.1, 0.15) is 6.42 Å². The minimum absolute atomic E-state index is 0.0386. The van der Waals surface area contributed by atoms with E-state index in [1.807, 2.05) is 0 Å². The maximum Gasteiger partial charge on any atom is 0.242 e. The van der Waals surface area contributed by atoms with Crippen molar-refractivity contribution in [3.63, 3.8) is 0 Å². The number of carbonyl (C=O) groups is 1. The molecule has 0 unspecified atom stereocenters. The molecule has 3 aromatic rings. The van der Waals surface area contributed by atoms with Crippen LogP contribution in [0.5, 0.6) is 5.75 Å². The average Bonchev–Trinajstić information content (AvgIpc) is 2.73. The first kappa shape index (κ1) is 21.5. The lowest BCUT2D eigenvalue weighted by molar-refractivity contribution is -0.116. The molecule has 9 nitrogen and oxygen atoms in total. The number of hydrogen-bond donors (Lipinski definition) is 1. The zero-order valence-electron chi connectivity index (χ0n) is 16.8. The van der Waals surface area contributed by atoms with Gasteiger partial charge in [-0.15, -0.1) is 0 Å². The summed E-state index contributed by atoms with van der Waals surface area (Å²) in [7, 11) is 0.631. The van der Waals surface area contributed by atoms with E-state index >= 15 is 0 Å². The van der Waals surface area contributed by atoms with Crippen molar-refractivity contribution in [2.45, 2.75) is 17.9 Å². The van der Waals surface area contributed by atoms with Crippen LogP contribution in [0.2, 0.25) is 0 Å². The van der Waals surface area contributed by atoms with Crippen LogP contribution >= 0.6 is 0 Å². The van der Waals surface area contributed by atoms with Gasteiger partial charge in [-0.1, -0.05) is 12.1 Å². The van der Waals surface area contributed by atoms with Gasteiger partial charge < -0.3 is 10.1 Å². The van der Waals surface area contributed by atoms with Gasteiger partial charge in [0.2, 0.25) is 21.4 Å². The normalized spacial score (nSPS) is 11.6. The molecule has 3 rings (SSSR count). The van der Waals surface area contributed by atoms with E-state index in [1.54, 1.807) is 28.9 Å². The topological polar surface area (TPSA) is 111 Å². The molecule has 1 aromatic heterocycles. The second-order valence-electron chi connectivity index (χ2n) is 6.70. The molecule has 0 bridgehead atoms. The lowest BCUT2D eigenvalue weighted by Gasteiger charge is -2.15. The number of sulfonamides is 1. The van der Waals surface area contributed by atoms with E-state index in [9.17, 15) is 18.0 Å². The Hall–Kier alpha value is -3.24. The van der Waals surface area contributed by atoms with Gasteiger partial charge in [-0.05, 0) is 30.3 Å². The zero-order valence-corrected chi connectivity index (χ0v) is 17.6. The van der Waals surface area contributed by atoms with Crippen molar-refractivity contribution in [2.24, 2.45) is 0 Å². The van der Waals surface area contributed by atoms with Gasteiger partial charge in [0.15, 0.2) is 0 Å². The number of anilines is 1. The van der Waals surface area contributed by atoms with Gasteiger partial charge in [0.05, 0.1) is 36.0 Å². The summed E-state index contributed by atoms with van der Waals surface area (Å²) < 4.78 is 32.6. The molecule has 158 valence electrons. The van der Waals surface area contributed by atoms with Gasteiger partial charge in [0.1, 0.15) is 5.75 Å². The third-order valence-corrected chi connectivity index (χ3v) is 6.35. The minimum atomic E-state index is -3.66. The Kier molecular flexibility index (Phi) is 6.18. The van der Waals surface area contributed by atoms with Gasteiger partial charge >= 0.3 is 0 Å². The van der Waals surface area contributed by atoms with Crippen molar-refractivity contribution < 1.29 is 17.9 Å². The molecule has 0 fully saturated rings. The van der Waals surface area contributed by atoms with Crippen LogP contribution in [0, 0.1) is 0 Å². The van der Waals surface area contributed by atoms with Crippen molar-refractivity contribution in [2.75, 3.05) is 26.5 Å². The number of methoxy groups -OCH3 is 1. The Bertz CT molecular complexity index is 1250. The lowest BCUT2D eigenvalue weighted by atomic mass is 10.2. The van der Waals surface area contributed by atoms with Crippen LogP contribution in [0.15, 0.2) is 58.4 Å². The third kappa shape index (κ3) is 4.34. The molecule has 0 atom stereocenters. The highest BCUT2D eigenvalue weighted by molar-refractivity contribution is 7.89. The number of nitrogens with one attached hydrogen (secondary N) is 1. The van der Waals surface area contributed by atoms with Gasteiger partial charge in [-0.3, -0.25) is 14.3 Å². The summed E-state index contributed by atoms with van der Waals surface area (Å²) in [5, 5.41) is 7.32. The second-order valence-corrected chi connectivity index (χ2v) is 8.85. The number of aromatic nitrogens is 2. The van der Waals surface area contributed by atoms with Crippen molar-refractivity contribution in [3.05, 3.63) is 58.9 Å². The first-order valence-corrected chi connectivity index (χ1v) is 10.5. The zero-order chi connectivity index (χ0) is 21.9. The fourth-order valence-electron chi connectivity index (χ4n) is 2.92. The number of ether oxygens (including phenoxy) is 1. The van der Waals surface area contributed by atoms with Crippen LogP contribution in [-0.4, -0.2) is 49.6 Å². The number of fused-ring (bicyclic) bond motifs is 1. The number of para-hydroxylation sites is 1. The van der Waals surface area contributed by atoms with Crippen molar-refractivity contribution in [1.82, 2.24) is 14.1 Å². The predicted octanol–water partition coefficient (Wildman–Crippen LogP) is 1.68. The van der Waals surface area contributed by atoms with Gasteiger partial charge in [-0.2, -0.15) is 5.10 Å². The van der Waals surface area contributed by atoms with Crippen LogP contribution in [0.3, 0.4) is 0 Å². The van der Waals surface area contributed by atoms with Crippen LogP contribution in [-0.2, 0) is 21.4 Å². The smallest absolute Gasteiger partial charge is 0.242 e. The quantitative estimate of drug-likeness (QED) is 0.611. The molecule has 2 aromatic carbocycles. The summed E-state index contributed by atoms with van der Waals surface area (Å²) in [6, 6.07) is 11.3. The van der Waals surface area contributed by atoms with E-state index < -0.39 is 10.0 Å². The number of hydrogen-bond acceptors (Lipinski definition) is 6. The Labute approximate surface area is 173 Å². The van der Waals surface area contributed by atoms with Gasteiger partial charge in [0.25, 0.3) is 0 Å². The maximum atomic E-state index is 12.5. The molecule has 0 aliphatic carbocycles. The number of rotatable bonds is 7. The largest absolute Gasteiger partial charge is 0.495 e. The summed E-state index contributed by atoms with van der Waals surface area (Å²) >= 11 is 0. The standard InChI is InChI=1S/C20H22N4O5S/c1-23(2)30(27,28)14-8-9-19(29-3)16(12-14)22-20(26)10-11-24-17-7-5-4-6-15(17)18(25)13-21-24/h4-9,12-13H,10-11H2,1-3H3,(H,22,26). The third-order valence-electron chi connectivity index (χ3n) is 4.54. The number of benzene rings is 2. The molecular formula is C20H22N4O5S. The molecule has 0 saturated heterocycles. The molecule has 0 saturated carbocycles. The summed E-state index contributed by atoms with van der Waals surface area (Å²) in [6.45, 7) is 0.241. The molecule has 0 spiro atoms.